The highest BCUT2D eigenvalue weighted by molar-refractivity contribution is 8.19. The summed E-state index contributed by atoms with van der Waals surface area (Å²) in [5.41, 5.74) is 2.19. The predicted molar refractivity (Wildman–Crippen MR) is 83.8 cm³/mol. The predicted octanol–water partition coefficient (Wildman–Crippen LogP) is 3.70. The first kappa shape index (κ1) is 13.2. The summed E-state index contributed by atoms with van der Waals surface area (Å²) in [4.78, 5) is 11.7. The Kier molecular flexibility index (Phi) is 4.23. The fourth-order valence-electron chi connectivity index (χ4n) is 2.05. The van der Waals surface area contributed by atoms with Gasteiger partial charge in [-0.25, -0.2) is 4.79 Å². The third-order valence-electron chi connectivity index (χ3n) is 3.29. The molecule has 2 amide bonds. The van der Waals surface area contributed by atoms with Gasteiger partial charge in [0, 0.05) is 23.7 Å². The second kappa shape index (κ2) is 6.09. The first-order chi connectivity index (χ1) is 9.31. The van der Waals surface area contributed by atoms with Crippen LogP contribution in [0.2, 0.25) is 0 Å². The monoisotopic (exact) mass is 294 g/mol. The summed E-state index contributed by atoms with van der Waals surface area (Å²) in [6, 6.07) is 8.11. The molecular formula is C14H18N2OS2. The number of amides is 2. The Labute approximate surface area is 122 Å². The van der Waals surface area contributed by atoms with E-state index in [1.54, 1.807) is 0 Å². The van der Waals surface area contributed by atoms with Gasteiger partial charge in [0.1, 0.15) is 0 Å². The van der Waals surface area contributed by atoms with Crippen LogP contribution in [0, 0.1) is 5.92 Å². The number of benzene rings is 1. The van der Waals surface area contributed by atoms with E-state index in [0.29, 0.717) is 10.5 Å². The van der Waals surface area contributed by atoms with Crippen molar-refractivity contribution in [1.29, 1.82) is 0 Å². The summed E-state index contributed by atoms with van der Waals surface area (Å²) in [6.45, 7) is 0.805. The normalized spacial score (nSPS) is 19.4. The van der Waals surface area contributed by atoms with Crippen molar-refractivity contribution in [2.24, 2.45) is 5.92 Å². The van der Waals surface area contributed by atoms with Gasteiger partial charge in [-0.2, -0.15) is 0 Å². The Morgan fingerprint density at radius 1 is 1.26 bits per heavy atom. The lowest BCUT2D eigenvalue weighted by Gasteiger charge is -2.11. The van der Waals surface area contributed by atoms with Crippen molar-refractivity contribution in [3.05, 3.63) is 29.8 Å². The molecule has 0 spiro atoms. The zero-order valence-electron chi connectivity index (χ0n) is 10.7. The molecule has 0 radical (unpaired) electrons. The number of anilines is 1. The molecule has 2 N–H and O–H groups in total. The van der Waals surface area contributed by atoms with Gasteiger partial charge in [0.05, 0.1) is 4.58 Å². The van der Waals surface area contributed by atoms with Crippen LogP contribution < -0.4 is 10.6 Å². The van der Waals surface area contributed by atoms with E-state index < -0.39 is 0 Å². The highest BCUT2D eigenvalue weighted by Crippen LogP contribution is 2.45. The number of urea groups is 1. The molecule has 2 aliphatic rings. The Morgan fingerprint density at radius 3 is 2.79 bits per heavy atom. The van der Waals surface area contributed by atoms with Gasteiger partial charge in [0.25, 0.3) is 0 Å². The van der Waals surface area contributed by atoms with Crippen molar-refractivity contribution in [2.45, 2.75) is 17.4 Å². The van der Waals surface area contributed by atoms with Crippen LogP contribution in [-0.4, -0.2) is 24.1 Å². The number of carbonyl (C=O) groups excluding carboxylic acids is 1. The van der Waals surface area contributed by atoms with Crippen molar-refractivity contribution in [1.82, 2.24) is 5.32 Å². The van der Waals surface area contributed by atoms with Gasteiger partial charge in [-0.05, 0) is 36.5 Å². The fourth-order valence-corrected chi connectivity index (χ4v) is 4.89. The van der Waals surface area contributed by atoms with Crippen molar-refractivity contribution in [3.8, 4) is 0 Å². The van der Waals surface area contributed by atoms with Gasteiger partial charge < -0.3 is 10.6 Å². The zero-order valence-corrected chi connectivity index (χ0v) is 12.4. The minimum atomic E-state index is -0.0872. The van der Waals surface area contributed by atoms with Crippen LogP contribution in [-0.2, 0) is 0 Å². The summed E-state index contributed by atoms with van der Waals surface area (Å²) in [5, 5.41) is 5.84. The number of rotatable bonds is 4. The Balaban J connectivity index is 1.56. The average molecular weight is 294 g/mol. The second-order valence-corrected chi connectivity index (χ2v) is 7.70. The first-order valence-corrected chi connectivity index (χ1v) is 8.79. The molecule has 0 atom stereocenters. The van der Waals surface area contributed by atoms with Crippen molar-refractivity contribution in [2.75, 3.05) is 23.4 Å². The third kappa shape index (κ3) is 3.83. The minimum Gasteiger partial charge on any atom is -0.338 e. The van der Waals surface area contributed by atoms with E-state index in [9.17, 15) is 4.79 Å². The fraction of sp³-hybridized carbons (Fsp3) is 0.500. The largest absolute Gasteiger partial charge is 0.338 e. The van der Waals surface area contributed by atoms with Crippen LogP contribution in [0.15, 0.2) is 24.3 Å². The van der Waals surface area contributed by atoms with E-state index in [4.69, 9.17) is 0 Å². The molecule has 1 heterocycles. The molecule has 1 aliphatic heterocycles. The highest BCUT2D eigenvalue weighted by atomic mass is 32.2. The van der Waals surface area contributed by atoms with E-state index in [1.807, 2.05) is 35.7 Å². The average Bonchev–Trinajstić information content (AvgIpc) is 3.09. The van der Waals surface area contributed by atoms with Gasteiger partial charge >= 0.3 is 6.03 Å². The lowest BCUT2D eigenvalue weighted by molar-refractivity contribution is 0.251. The molecule has 1 saturated carbocycles. The number of thioether (sulfide) groups is 2. The van der Waals surface area contributed by atoms with Gasteiger partial charge in [0.15, 0.2) is 0 Å². The summed E-state index contributed by atoms with van der Waals surface area (Å²) >= 11 is 3.96. The minimum absolute atomic E-state index is 0.0872. The van der Waals surface area contributed by atoms with E-state index in [-0.39, 0.29) is 6.03 Å². The van der Waals surface area contributed by atoms with E-state index in [1.165, 1.54) is 29.9 Å². The van der Waals surface area contributed by atoms with Crippen LogP contribution in [0.4, 0.5) is 10.5 Å². The third-order valence-corrected chi connectivity index (χ3v) is 6.39. The van der Waals surface area contributed by atoms with Gasteiger partial charge in [-0.1, -0.05) is 12.1 Å². The topological polar surface area (TPSA) is 41.1 Å². The SMILES string of the molecule is O=C(NCC1CC1)Nc1cccc(C2SCCS2)c1. The summed E-state index contributed by atoms with van der Waals surface area (Å²) in [7, 11) is 0. The molecule has 0 bridgehead atoms. The lowest BCUT2D eigenvalue weighted by Crippen LogP contribution is -2.30. The van der Waals surface area contributed by atoms with E-state index >= 15 is 0 Å². The Hall–Kier alpha value is -0.810. The van der Waals surface area contributed by atoms with Gasteiger partial charge in [-0.3, -0.25) is 0 Å². The van der Waals surface area contributed by atoms with Crippen molar-refractivity contribution >= 4 is 35.2 Å². The van der Waals surface area contributed by atoms with Crippen LogP contribution in [0.25, 0.3) is 0 Å². The molecule has 3 rings (SSSR count). The molecular weight excluding hydrogens is 276 g/mol. The highest BCUT2D eigenvalue weighted by Gasteiger charge is 2.22. The molecule has 1 aliphatic carbocycles. The maximum absolute atomic E-state index is 11.7. The van der Waals surface area contributed by atoms with Gasteiger partial charge in [0.2, 0.25) is 0 Å². The van der Waals surface area contributed by atoms with Crippen LogP contribution in [0.3, 0.4) is 0 Å². The zero-order chi connectivity index (χ0) is 13.1. The van der Waals surface area contributed by atoms with Crippen LogP contribution in [0.1, 0.15) is 23.0 Å². The van der Waals surface area contributed by atoms with Crippen molar-refractivity contribution in [3.63, 3.8) is 0 Å². The molecule has 0 unspecified atom stereocenters. The molecule has 102 valence electrons. The van der Waals surface area contributed by atoms with E-state index in [2.05, 4.69) is 22.8 Å². The number of carbonyl (C=O) groups is 1. The number of hydrogen-bond donors (Lipinski definition) is 2. The molecule has 1 saturated heterocycles. The lowest BCUT2D eigenvalue weighted by atomic mass is 10.2. The number of hydrogen-bond acceptors (Lipinski definition) is 3. The van der Waals surface area contributed by atoms with E-state index in [0.717, 1.165) is 12.2 Å². The van der Waals surface area contributed by atoms with Gasteiger partial charge in [-0.15, -0.1) is 23.5 Å². The van der Waals surface area contributed by atoms with Crippen molar-refractivity contribution < 1.29 is 4.79 Å². The molecule has 0 aromatic heterocycles. The van der Waals surface area contributed by atoms with Crippen LogP contribution >= 0.6 is 23.5 Å². The summed E-state index contributed by atoms with van der Waals surface area (Å²) in [5.74, 6) is 3.15. The Bertz CT molecular complexity index is 457. The number of nitrogens with one attached hydrogen (secondary N) is 2. The smallest absolute Gasteiger partial charge is 0.319 e. The molecule has 19 heavy (non-hydrogen) atoms. The molecule has 2 fully saturated rings. The molecule has 1 aromatic carbocycles. The molecule has 3 nitrogen and oxygen atoms in total. The first-order valence-electron chi connectivity index (χ1n) is 6.69. The molecule has 5 heteroatoms. The Morgan fingerprint density at radius 2 is 2.05 bits per heavy atom. The summed E-state index contributed by atoms with van der Waals surface area (Å²) in [6.07, 6.45) is 2.51. The summed E-state index contributed by atoms with van der Waals surface area (Å²) < 4.78 is 0.524. The standard InChI is InChI=1S/C14H18N2OS2/c17-14(15-9-10-4-5-10)16-12-3-1-2-11(8-12)13-18-6-7-19-13/h1-3,8,10,13H,4-7,9H2,(H2,15,16,17). The quantitative estimate of drug-likeness (QED) is 0.889. The maximum atomic E-state index is 11.7. The second-order valence-electron chi connectivity index (χ2n) is 4.98. The maximum Gasteiger partial charge on any atom is 0.319 e. The molecule has 1 aromatic rings. The van der Waals surface area contributed by atoms with Crippen LogP contribution in [0.5, 0.6) is 0 Å².